The van der Waals surface area contributed by atoms with E-state index in [-0.39, 0.29) is 0 Å². The van der Waals surface area contributed by atoms with Crippen LogP contribution in [0.15, 0.2) is 6.20 Å². The van der Waals surface area contributed by atoms with Crippen molar-refractivity contribution in [1.82, 2.24) is 24.6 Å². The molecule has 0 fully saturated rings. The van der Waals surface area contributed by atoms with Gasteiger partial charge < -0.3 is 9.88 Å². The third-order valence-electron chi connectivity index (χ3n) is 3.31. The van der Waals surface area contributed by atoms with Crippen LogP contribution in [0.2, 0.25) is 5.02 Å². The summed E-state index contributed by atoms with van der Waals surface area (Å²) in [7, 11) is 3.86. The molecule has 0 aromatic carbocycles. The summed E-state index contributed by atoms with van der Waals surface area (Å²) in [6.07, 6.45) is 2.75. The van der Waals surface area contributed by atoms with E-state index in [0.29, 0.717) is 6.54 Å². The van der Waals surface area contributed by atoms with E-state index in [2.05, 4.69) is 26.9 Å². The SMILES string of the molecule is CCc1nn(C)c(Cn2c(CNC)cnc2C)c1Cl. The van der Waals surface area contributed by atoms with Crippen molar-refractivity contribution in [3.63, 3.8) is 0 Å². The largest absolute Gasteiger partial charge is 0.325 e. The summed E-state index contributed by atoms with van der Waals surface area (Å²) in [5.74, 6) is 0.987. The van der Waals surface area contributed by atoms with Crippen LogP contribution in [0.5, 0.6) is 0 Å². The molecule has 2 aromatic rings. The van der Waals surface area contributed by atoms with Crippen LogP contribution in [0.25, 0.3) is 0 Å². The van der Waals surface area contributed by atoms with Gasteiger partial charge in [0.25, 0.3) is 0 Å². The minimum atomic E-state index is 0.700. The summed E-state index contributed by atoms with van der Waals surface area (Å²) in [6.45, 7) is 5.55. The first-order valence-electron chi connectivity index (χ1n) is 6.44. The maximum absolute atomic E-state index is 6.40. The van der Waals surface area contributed by atoms with Gasteiger partial charge in [-0.3, -0.25) is 4.68 Å². The predicted octanol–water partition coefficient (Wildman–Crippen LogP) is 1.91. The molecule has 0 amide bonds. The van der Waals surface area contributed by atoms with Gasteiger partial charge in [0.2, 0.25) is 0 Å². The van der Waals surface area contributed by atoms with Crippen LogP contribution in [-0.4, -0.2) is 26.4 Å². The molecule has 0 saturated heterocycles. The summed E-state index contributed by atoms with van der Waals surface area (Å²) >= 11 is 6.40. The lowest BCUT2D eigenvalue weighted by atomic mass is 10.3. The van der Waals surface area contributed by atoms with Crippen molar-refractivity contribution < 1.29 is 0 Å². The molecule has 0 unspecified atom stereocenters. The molecule has 0 atom stereocenters. The Labute approximate surface area is 118 Å². The molecule has 5 nitrogen and oxygen atoms in total. The predicted molar refractivity (Wildman–Crippen MR) is 76.4 cm³/mol. The molecule has 0 radical (unpaired) electrons. The van der Waals surface area contributed by atoms with Crippen molar-refractivity contribution in [1.29, 1.82) is 0 Å². The second kappa shape index (κ2) is 5.75. The highest BCUT2D eigenvalue weighted by Gasteiger charge is 2.15. The fourth-order valence-corrected chi connectivity index (χ4v) is 2.55. The summed E-state index contributed by atoms with van der Waals surface area (Å²) < 4.78 is 4.03. The molecular formula is C13H20ClN5. The number of aromatic nitrogens is 4. The second-order valence-electron chi connectivity index (χ2n) is 4.60. The molecule has 0 saturated carbocycles. The smallest absolute Gasteiger partial charge is 0.106 e. The fraction of sp³-hybridized carbons (Fsp3) is 0.538. The van der Waals surface area contributed by atoms with Crippen molar-refractivity contribution in [3.05, 3.63) is 34.1 Å². The number of imidazole rings is 1. The van der Waals surface area contributed by atoms with E-state index in [4.69, 9.17) is 11.6 Å². The van der Waals surface area contributed by atoms with E-state index >= 15 is 0 Å². The molecule has 0 aliphatic rings. The molecule has 2 aromatic heterocycles. The van der Waals surface area contributed by atoms with Crippen LogP contribution < -0.4 is 5.32 Å². The first kappa shape index (κ1) is 14.1. The van der Waals surface area contributed by atoms with E-state index in [0.717, 1.165) is 40.9 Å². The zero-order valence-electron chi connectivity index (χ0n) is 11.9. The van der Waals surface area contributed by atoms with E-state index in [1.165, 1.54) is 0 Å². The lowest BCUT2D eigenvalue weighted by Crippen LogP contribution is -2.14. The minimum absolute atomic E-state index is 0.700. The second-order valence-corrected chi connectivity index (χ2v) is 4.98. The number of rotatable bonds is 5. The van der Waals surface area contributed by atoms with Gasteiger partial charge in [-0.1, -0.05) is 18.5 Å². The van der Waals surface area contributed by atoms with Gasteiger partial charge in [0.15, 0.2) is 0 Å². The highest BCUT2D eigenvalue weighted by Crippen LogP contribution is 2.22. The Morgan fingerprint density at radius 3 is 2.74 bits per heavy atom. The third-order valence-corrected chi connectivity index (χ3v) is 3.74. The molecule has 104 valence electrons. The molecule has 0 aliphatic carbocycles. The van der Waals surface area contributed by atoms with Gasteiger partial charge in [-0.05, 0) is 20.4 Å². The van der Waals surface area contributed by atoms with Gasteiger partial charge in [-0.25, -0.2) is 4.98 Å². The third kappa shape index (κ3) is 2.67. The lowest BCUT2D eigenvalue weighted by Gasteiger charge is -2.10. The number of nitrogens with one attached hydrogen (secondary N) is 1. The van der Waals surface area contributed by atoms with Crippen molar-refractivity contribution in [2.75, 3.05) is 7.05 Å². The van der Waals surface area contributed by atoms with Crippen molar-refractivity contribution in [2.45, 2.75) is 33.4 Å². The summed E-state index contributed by atoms with van der Waals surface area (Å²) in [4.78, 5) is 4.37. The maximum atomic E-state index is 6.40. The quantitative estimate of drug-likeness (QED) is 0.911. The Morgan fingerprint density at radius 2 is 2.16 bits per heavy atom. The number of hydrogen-bond acceptors (Lipinski definition) is 3. The molecular weight excluding hydrogens is 262 g/mol. The van der Waals surface area contributed by atoms with Crippen molar-refractivity contribution in [3.8, 4) is 0 Å². The van der Waals surface area contributed by atoms with Crippen LogP contribution in [-0.2, 0) is 26.6 Å². The van der Waals surface area contributed by atoms with Gasteiger partial charge in [0.05, 0.1) is 28.6 Å². The molecule has 2 heterocycles. The topological polar surface area (TPSA) is 47.7 Å². The fourth-order valence-electron chi connectivity index (χ4n) is 2.19. The number of aryl methyl sites for hydroxylation is 3. The maximum Gasteiger partial charge on any atom is 0.106 e. The van der Waals surface area contributed by atoms with Gasteiger partial charge in [0.1, 0.15) is 5.82 Å². The average Bonchev–Trinajstić information content (AvgIpc) is 2.86. The number of nitrogens with zero attached hydrogens (tertiary/aromatic N) is 4. The van der Waals surface area contributed by atoms with Gasteiger partial charge in [-0.15, -0.1) is 0 Å². The first-order chi connectivity index (χ1) is 9.08. The molecule has 2 rings (SSSR count). The van der Waals surface area contributed by atoms with Crippen LogP contribution >= 0.6 is 11.6 Å². The monoisotopic (exact) mass is 281 g/mol. The standard InChI is InChI=1S/C13H20ClN5/c1-5-11-13(14)12(18(4)17-11)8-19-9(2)16-7-10(19)6-15-3/h7,15H,5-6,8H2,1-4H3. The van der Waals surface area contributed by atoms with Gasteiger partial charge in [-0.2, -0.15) is 5.10 Å². The Bertz CT molecular complexity index is 570. The van der Waals surface area contributed by atoms with E-state index in [9.17, 15) is 0 Å². The van der Waals surface area contributed by atoms with Gasteiger partial charge in [0, 0.05) is 19.8 Å². The molecule has 0 aliphatic heterocycles. The van der Waals surface area contributed by atoms with Crippen LogP contribution in [0.3, 0.4) is 0 Å². The molecule has 19 heavy (non-hydrogen) atoms. The molecule has 1 N–H and O–H groups in total. The lowest BCUT2D eigenvalue weighted by molar-refractivity contribution is 0.622. The normalized spacial score (nSPS) is 11.2. The Kier molecular flexibility index (Phi) is 4.27. The molecule has 0 bridgehead atoms. The minimum Gasteiger partial charge on any atom is -0.325 e. The summed E-state index contributed by atoms with van der Waals surface area (Å²) in [5.41, 5.74) is 3.12. The van der Waals surface area contributed by atoms with E-state index < -0.39 is 0 Å². The molecule has 6 heteroatoms. The number of halogens is 1. The van der Waals surface area contributed by atoms with Crippen LogP contribution in [0.4, 0.5) is 0 Å². The zero-order chi connectivity index (χ0) is 14.0. The summed E-state index contributed by atoms with van der Waals surface area (Å²) in [6, 6.07) is 0. The van der Waals surface area contributed by atoms with Crippen LogP contribution in [0, 0.1) is 6.92 Å². The van der Waals surface area contributed by atoms with Crippen molar-refractivity contribution in [2.24, 2.45) is 7.05 Å². The zero-order valence-corrected chi connectivity index (χ0v) is 12.6. The van der Waals surface area contributed by atoms with Crippen molar-refractivity contribution >= 4 is 11.6 Å². The van der Waals surface area contributed by atoms with Crippen LogP contribution in [0.1, 0.15) is 29.8 Å². The highest BCUT2D eigenvalue weighted by molar-refractivity contribution is 6.31. The van der Waals surface area contributed by atoms with E-state index in [1.54, 1.807) is 0 Å². The number of hydrogen-bond donors (Lipinski definition) is 1. The molecule has 0 spiro atoms. The first-order valence-corrected chi connectivity index (χ1v) is 6.82. The Hall–Kier alpha value is -1.33. The Morgan fingerprint density at radius 1 is 1.42 bits per heavy atom. The van der Waals surface area contributed by atoms with E-state index in [1.807, 2.05) is 31.9 Å². The average molecular weight is 282 g/mol. The summed E-state index contributed by atoms with van der Waals surface area (Å²) in [5, 5.41) is 8.37. The van der Waals surface area contributed by atoms with Gasteiger partial charge >= 0.3 is 0 Å². The highest BCUT2D eigenvalue weighted by atomic mass is 35.5. The Balaban J connectivity index is 2.36.